The number of carbonyl (C=O) groups excluding carboxylic acids is 1. The van der Waals surface area contributed by atoms with Gasteiger partial charge in [0.2, 0.25) is 5.91 Å². The number of halogens is 1. The Balaban J connectivity index is 3.41. The van der Waals surface area contributed by atoms with Gasteiger partial charge in [0.1, 0.15) is 4.95 Å². The van der Waals surface area contributed by atoms with Gasteiger partial charge in [0.15, 0.2) is 0 Å². The summed E-state index contributed by atoms with van der Waals surface area (Å²) in [7, 11) is 0. The standard InChI is InChI=1S/C9H14BrNO/c1-3-5-6-7-9(12)11-8(10)4-2/h2,8H,3,5-7H2,1H3,(H,11,12). The van der Waals surface area contributed by atoms with Crippen LogP contribution < -0.4 is 5.32 Å². The van der Waals surface area contributed by atoms with E-state index in [-0.39, 0.29) is 10.9 Å². The summed E-state index contributed by atoms with van der Waals surface area (Å²) in [6, 6.07) is 0. The summed E-state index contributed by atoms with van der Waals surface area (Å²) >= 11 is 3.12. The van der Waals surface area contributed by atoms with Crippen LogP contribution in [0.25, 0.3) is 0 Å². The Morgan fingerprint density at radius 1 is 1.67 bits per heavy atom. The van der Waals surface area contributed by atoms with Gasteiger partial charge in [-0.15, -0.1) is 6.42 Å². The van der Waals surface area contributed by atoms with E-state index >= 15 is 0 Å². The lowest BCUT2D eigenvalue weighted by Crippen LogP contribution is -2.28. The molecule has 0 aromatic carbocycles. The molecular formula is C9H14BrNO. The van der Waals surface area contributed by atoms with E-state index < -0.39 is 0 Å². The summed E-state index contributed by atoms with van der Waals surface area (Å²) in [5.41, 5.74) is 0. The lowest BCUT2D eigenvalue weighted by molar-refractivity contribution is -0.121. The highest BCUT2D eigenvalue weighted by Crippen LogP contribution is 2.00. The Bertz CT molecular complexity index is 174. The Morgan fingerprint density at radius 2 is 2.33 bits per heavy atom. The number of unbranched alkanes of at least 4 members (excludes halogenated alkanes) is 2. The van der Waals surface area contributed by atoms with Crippen molar-refractivity contribution in [1.29, 1.82) is 0 Å². The molecule has 0 aliphatic rings. The van der Waals surface area contributed by atoms with Gasteiger partial charge in [0.25, 0.3) is 0 Å². The highest BCUT2D eigenvalue weighted by molar-refractivity contribution is 9.09. The van der Waals surface area contributed by atoms with Crippen LogP contribution in [0.3, 0.4) is 0 Å². The van der Waals surface area contributed by atoms with Crippen molar-refractivity contribution in [3.05, 3.63) is 0 Å². The summed E-state index contributed by atoms with van der Waals surface area (Å²) in [5, 5.41) is 2.63. The molecule has 0 aliphatic carbocycles. The van der Waals surface area contributed by atoms with Crippen molar-refractivity contribution in [2.45, 2.75) is 37.6 Å². The minimum absolute atomic E-state index is 0.0169. The molecule has 1 N–H and O–H groups in total. The molecule has 1 unspecified atom stereocenters. The highest BCUT2D eigenvalue weighted by Gasteiger charge is 2.03. The van der Waals surface area contributed by atoms with Crippen LogP contribution in [0.2, 0.25) is 0 Å². The third-order valence-corrected chi connectivity index (χ3v) is 1.93. The number of terminal acetylenes is 1. The third-order valence-electron chi connectivity index (χ3n) is 1.44. The molecule has 12 heavy (non-hydrogen) atoms. The van der Waals surface area contributed by atoms with E-state index in [1.807, 2.05) is 0 Å². The first-order valence-electron chi connectivity index (χ1n) is 4.10. The summed E-state index contributed by atoms with van der Waals surface area (Å²) in [6.07, 6.45) is 8.79. The van der Waals surface area contributed by atoms with Gasteiger partial charge in [-0.2, -0.15) is 0 Å². The predicted molar refractivity (Wildman–Crippen MR) is 53.8 cm³/mol. The largest absolute Gasteiger partial charge is 0.333 e. The first-order chi connectivity index (χ1) is 5.70. The summed E-state index contributed by atoms with van der Waals surface area (Å²) in [6.45, 7) is 2.10. The van der Waals surface area contributed by atoms with E-state index in [0.717, 1.165) is 19.3 Å². The van der Waals surface area contributed by atoms with Gasteiger partial charge in [-0.1, -0.05) is 41.6 Å². The summed E-state index contributed by atoms with van der Waals surface area (Å²) in [4.78, 5) is 10.7. The zero-order valence-electron chi connectivity index (χ0n) is 7.27. The van der Waals surface area contributed by atoms with Crippen LogP contribution in [0.1, 0.15) is 32.6 Å². The van der Waals surface area contributed by atoms with Gasteiger partial charge in [0.05, 0.1) is 0 Å². The third kappa shape index (κ3) is 6.23. The van der Waals surface area contributed by atoms with Gasteiger partial charge in [0, 0.05) is 6.42 Å². The van der Waals surface area contributed by atoms with Gasteiger partial charge >= 0.3 is 0 Å². The van der Waals surface area contributed by atoms with E-state index in [4.69, 9.17) is 6.42 Å². The molecule has 0 heterocycles. The average molecular weight is 232 g/mol. The fourth-order valence-corrected chi connectivity index (χ4v) is 1.05. The van der Waals surface area contributed by atoms with Crippen LogP contribution in [0.15, 0.2) is 0 Å². The zero-order chi connectivity index (χ0) is 9.40. The maximum atomic E-state index is 11.1. The lowest BCUT2D eigenvalue weighted by atomic mass is 10.2. The van der Waals surface area contributed by atoms with Crippen LogP contribution in [0.4, 0.5) is 0 Å². The van der Waals surface area contributed by atoms with Crippen molar-refractivity contribution in [2.75, 3.05) is 0 Å². The second-order valence-electron chi connectivity index (χ2n) is 2.55. The number of alkyl halides is 1. The van der Waals surface area contributed by atoms with Crippen molar-refractivity contribution < 1.29 is 4.79 Å². The Hall–Kier alpha value is -0.490. The second-order valence-corrected chi connectivity index (χ2v) is 3.47. The number of nitrogens with one attached hydrogen (secondary N) is 1. The molecule has 0 bridgehead atoms. The van der Waals surface area contributed by atoms with Crippen molar-refractivity contribution >= 4 is 21.8 Å². The maximum absolute atomic E-state index is 11.1. The van der Waals surface area contributed by atoms with Gasteiger partial charge in [-0.25, -0.2) is 0 Å². The molecule has 1 amide bonds. The predicted octanol–water partition coefficient (Wildman–Crippen LogP) is 2.04. The van der Waals surface area contributed by atoms with Crippen molar-refractivity contribution in [3.8, 4) is 12.3 Å². The van der Waals surface area contributed by atoms with Crippen LogP contribution in [-0.2, 0) is 4.79 Å². The van der Waals surface area contributed by atoms with Crippen LogP contribution in [0.5, 0.6) is 0 Å². The first kappa shape index (κ1) is 11.5. The number of rotatable bonds is 5. The monoisotopic (exact) mass is 231 g/mol. The van der Waals surface area contributed by atoms with E-state index in [2.05, 4.69) is 34.1 Å². The molecule has 0 aliphatic heterocycles. The van der Waals surface area contributed by atoms with Crippen LogP contribution >= 0.6 is 15.9 Å². The molecule has 0 rings (SSSR count). The van der Waals surface area contributed by atoms with Crippen LogP contribution in [-0.4, -0.2) is 10.9 Å². The van der Waals surface area contributed by atoms with Crippen molar-refractivity contribution in [3.63, 3.8) is 0 Å². The number of carbonyl (C=O) groups is 1. The molecule has 0 fully saturated rings. The molecule has 0 spiro atoms. The van der Waals surface area contributed by atoms with Gasteiger partial charge in [-0.3, -0.25) is 4.79 Å². The van der Waals surface area contributed by atoms with E-state index in [9.17, 15) is 4.79 Å². The van der Waals surface area contributed by atoms with Crippen molar-refractivity contribution in [1.82, 2.24) is 5.32 Å². The molecule has 0 aromatic heterocycles. The van der Waals surface area contributed by atoms with E-state index in [1.165, 1.54) is 0 Å². The summed E-state index contributed by atoms with van der Waals surface area (Å²) in [5.74, 6) is 2.39. The first-order valence-corrected chi connectivity index (χ1v) is 5.01. The molecule has 3 heteroatoms. The number of hydrogen-bond donors (Lipinski definition) is 1. The molecule has 2 nitrogen and oxygen atoms in total. The number of hydrogen-bond acceptors (Lipinski definition) is 1. The Kier molecular flexibility index (Phi) is 6.88. The minimum Gasteiger partial charge on any atom is -0.333 e. The molecule has 1 atom stereocenters. The number of amides is 1. The zero-order valence-corrected chi connectivity index (χ0v) is 8.86. The summed E-state index contributed by atoms with van der Waals surface area (Å²) < 4.78 is 0. The molecular weight excluding hydrogens is 218 g/mol. The normalized spacial score (nSPS) is 11.8. The Labute approximate surface area is 82.2 Å². The van der Waals surface area contributed by atoms with E-state index in [0.29, 0.717) is 6.42 Å². The van der Waals surface area contributed by atoms with Gasteiger partial charge in [-0.05, 0) is 6.42 Å². The Morgan fingerprint density at radius 3 is 2.83 bits per heavy atom. The quantitative estimate of drug-likeness (QED) is 0.334. The van der Waals surface area contributed by atoms with Crippen LogP contribution in [0, 0.1) is 12.3 Å². The van der Waals surface area contributed by atoms with E-state index in [1.54, 1.807) is 0 Å². The molecule has 0 saturated carbocycles. The molecule has 0 saturated heterocycles. The topological polar surface area (TPSA) is 29.1 Å². The SMILES string of the molecule is C#CC(Br)NC(=O)CCCCC. The maximum Gasteiger partial charge on any atom is 0.221 e. The highest BCUT2D eigenvalue weighted by atomic mass is 79.9. The minimum atomic E-state index is -0.327. The van der Waals surface area contributed by atoms with Crippen molar-refractivity contribution in [2.24, 2.45) is 0 Å². The second kappa shape index (κ2) is 7.17. The fraction of sp³-hybridized carbons (Fsp3) is 0.667. The average Bonchev–Trinajstić information content (AvgIpc) is 2.05. The lowest BCUT2D eigenvalue weighted by Gasteiger charge is -2.05. The molecule has 0 radical (unpaired) electrons. The molecule has 68 valence electrons. The van der Waals surface area contributed by atoms with Gasteiger partial charge < -0.3 is 5.32 Å². The smallest absolute Gasteiger partial charge is 0.221 e. The fourth-order valence-electron chi connectivity index (χ4n) is 0.791. The molecule has 0 aromatic rings.